The second-order valence-electron chi connectivity index (χ2n) is 8.91. The van der Waals surface area contributed by atoms with Gasteiger partial charge in [0.2, 0.25) is 5.89 Å². The van der Waals surface area contributed by atoms with Crippen LogP contribution < -0.4 is 4.74 Å². The molecule has 0 aliphatic rings. The fourth-order valence-electron chi connectivity index (χ4n) is 3.92. The minimum Gasteiger partial charge on any atom is -0.491 e. The molecule has 2 aromatic carbocycles. The first-order valence-electron chi connectivity index (χ1n) is 11.7. The number of thioether (sulfide) groups is 1. The van der Waals surface area contributed by atoms with Crippen LogP contribution in [0.5, 0.6) is 5.75 Å². The van der Waals surface area contributed by atoms with E-state index in [2.05, 4.69) is 43.1 Å². The van der Waals surface area contributed by atoms with Crippen molar-refractivity contribution in [1.29, 1.82) is 0 Å². The van der Waals surface area contributed by atoms with Crippen LogP contribution in [0.1, 0.15) is 36.4 Å². The molecule has 0 bridgehead atoms. The predicted octanol–water partition coefficient (Wildman–Crippen LogP) is 7.06. The summed E-state index contributed by atoms with van der Waals surface area (Å²) in [5.41, 5.74) is 7.33. The van der Waals surface area contributed by atoms with Crippen molar-refractivity contribution in [1.82, 2.24) is 19.6 Å². The first-order valence-corrected chi connectivity index (χ1v) is 12.6. The average molecular weight is 485 g/mol. The van der Waals surface area contributed by atoms with Crippen LogP contribution in [0.4, 0.5) is 0 Å². The van der Waals surface area contributed by atoms with Crippen LogP contribution in [-0.4, -0.2) is 25.7 Å². The van der Waals surface area contributed by atoms with Gasteiger partial charge in [0.15, 0.2) is 0 Å². The van der Waals surface area contributed by atoms with Gasteiger partial charge in [0.1, 0.15) is 16.5 Å². The van der Waals surface area contributed by atoms with Gasteiger partial charge in [-0.15, -0.1) is 0 Å². The summed E-state index contributed by atoms with van der Waals surface area (Å²) in [6.45, 7) is 10.2. The molecule has 0 unspecified atom stereocenters. The van der Waals surface area contributed by atoms with E-state index in [9.17, 15) is 0 Å². The van der Waals surface area contributed by atoms with Gasteiger partial charge in [-0.3, -0.25) is 0 Å². The van der Waals surface area contributed by atoms with E-state index in [1.54, 1.807) is 18.0 Å². The van der Waals surface area contributed by atoms with Crippen molar-refractivity contribution in [3.63, 3.8) is 0 Å². The van der Waals surface area contributed by atoms with Crippen LogP contribution in [0.3, 0.4) is 0 Å². The predicted molar refractivity (Wildman–Crippen MR) is 140 cm³/mol. The smallest absolute Gasteiger partial charge is 0.226 e. The van der Waals surface area contributed by atoms with E-state index >= 15 is 0 Å². The number of oxazole rings is 1. The molecular weight excluding hydrogens is 456 g/mol. The van der Waals surface area contributed by atoms with E-state index in [1.165, 1.54) is 11.1 Å². The van der Waals surface area contributed by atoms with Crippen molar-refractivity contribution in [2.45, 2.75) is 51.5 Å². The average Bonchev–Trinajstić information content (AvgIpc) is 3.43. The zero-order valence-electron chi connectivity index (χ0n) is 20.6. The summed E-state index contributed by atoms with van der Waals surface area (Å²) in [7, 11) is 0. The molecular formula is C28H28N4O2S. The van der Waals surface area contributed by atoms with E-state index in [-0.39, 0.29) is 6.10 Å². The van der Waals surface area contributed by atoms with E-state index in [0.29, 0.717) is 11.6 Å². The van der Waals surface area contributed by atoms with Crippen LogP contribution in [0.25, 0.3) is 28.2 Å². The monoisotopic (exact) mass is 484 g/mol. The number of aromatic nitrogens is 4. The Bertz CT molecular complexity index is 1490. The normalized spacial score (nSPS) is 11.5. The molecule has 5 rings (SSSR count). The van der Waals surface area contributed by atoms with Crippen LogP contribution in [0.15, 0.2) is 70.4 Å². The number of aryl methyl sites for hydroxylation is 3. The molecule has 0 saturated heterocycles. The lowest BCUT2D eigenvalue weighted by atomic mass is 10.0. The lowest BCUT2D eigenvalue weighted by molar-refractivity contribution is 0.242. The highest BCUT2D eigenvalue weighted by Crippen LogP contribution is 2.32. The Kier molecular flexibility index (Phi) is 6.34. The molecule has 6 nitrogen and oxygen atoms in total. The zero-order valence-corrected chi connectivity index (χ0v) is 21.4. The van der Waals surface area contributed by atoms with Gasteiger partial charge in [-0.25, -0.2) is 14.5 Å². The molecule has 7 heteroatoms. The summed E-state index contributed by atoms with van der Waals surface area (Å²) >= 11 is 1.64. The minimum atomic E-state index is 0.138. The Labute approximate surface area is 209 Å². The number of benzene rings is 2. The van der Waals surface area contributed by atoms with Crippen molar-refractivity contribution in [3.05, 3.63) is 83.5 Å². The van der Waals surface area contributed by atoms with Crippen molar-refractivity contribution >= 4 is 17.3 Å². The lowest BCUT2D eigenvalue weighted by Crippen LogP contribution is -2.05. The summed E-state index contributed by atoms with van der Waals surface area (Å²) in [5.74, 6) is 2.91. The molecule has 178 valence electrons. The number of rotatable bonds is 7. The number of fused-ring (bicyclic) bond motifs is 1. The molecule has 3 aromatic heterocycles. The summed E-state index contributed by atoms with van der Waals surface area (Å²) in [6, 6.07) is 16.4. The van der Waals surface area contributed by atoms with Gasteiger partial charge in [-0.1, -0.05) is 29.5 Å². The summed E-state index contributed by atoms with van der Waals surface area (Å²) in [5, 5.41) is 5.72. The molecule has 0 saturated carbocycles. The van der Waals surface area contributed by atoms with E-state index in [1.807, 2.05) is 55.7 Å². The van der Waals surface area contributed by atoms with E-state index in [4.69, 9.17) is 19.2 Å². The van der Waals surface area contributed by atoms with Crippen molar-refractivity contribution in [2.75, 3.05) is 0 Å². The van der Waals surface area contributed by atoms with Gasteiger partial charge in [0, 0.05) is 29.3 Å². The Hall–Kier alpha value is -3.58. The van der Waals surface area contributed by atoms with Crippen molar-refractivity contribution < 1.29 is 9.15 Å². The highest BCUT2D eigenvalue weighted by atomic mass is 32.2. The Balaban J connectivity index is 1.37. The summed E-state index contributed by atoms with van der Waals surface area (Å²) in [4.78, 5) is 9.39. The third-order valence-corrected chi connectivity index (χ3v) is 6.74. The molecule has 3 heterocycles. The molecule has 0 spiro atoms. The van der Waals surface area contributed by atoms with Crippen molar-refractivity contribution in [2.24, 2.45) is 0 Å². The van der Waals surface area contributed by atoms with E-state index in [0.717, 1.165) is 44.6 Å². The van der Waals surface area contributed by atoms with Crippen molar-refractivity contribution in [3.8, 4) is 28.5 Å². The quantitative estimate of drug-likeness (QED) is 0.231. The third-order valence-electron chi connectivity index (χ3n) is 5.73. The summed E-state index contributed by atoms with van der Waals surface area (Å²) < 4.78 is 13.6. The first-order chi connectivity index (χ1) is 16.9. The molecule has 5 aromatic rings. The second kappa shape index (κ2) is 9.58. The number of hydrogen-bond acceptors (Lipinski definition) is 6. The Morgan fingerprint density at radius 2 is 1.83 bits per heavy atom. The number of nitrogens with zero attached hydrogens (tertiary/aromatic N) is 4. The Morgan fingerprint density at radius 1 is 1.03 bits per heavy atom. The van der Waals surface area contributed by atoms with Crippen LogP contribution in [0, 0.1) is 20.8 Å². The second-order valence-corrected chi connectivity index (χ2v) is 9.88. The zero-order chi connectivity index (χ0) is 24.5. The molecule has 35 heavy (non-hydrogen) atoms. The fourth-order valence-corrected chi connectivity index (χ4v) is 4.90. The van der Waals surface area contributed by atoms with Gasteiger partial charge in [-0.2, -0.15) is 5.10 Å². The van der Waals surface area contributed by atoms with Crippen LogP contribution in [-0.2, 0) is 5.75 Å². The molecule has 0 N–H and O–H groups in total. The number of hydrogen-bond donors (Lipinski definition) is 0. The maximum absolute atomic E-state index is 5.98. The Morgan fingerprint density at radius 3 is 2.60 bits per heavy atom. The maximum atomic E-state index is 5.98. The molecule has 0 aliphatic carbocycles. The molecule has 0 amide bonds. The fraction of sp³-hybridized carbons (Fsp3) is 0.250. The van der Waals surface area contributed by atoms with Crippen LogP contribution >= 0.6 is 11.8 Å². The van der Waals surface area contributed by atoms with Gasteiger partial charge >= 0.3 is 0 Å². The standard InChI is InChI=1S/C28H28N4O2S/c1-17(2)33-22-10-8-21(9-11-22)27-30-25(20(5)34-27)16-35-28-26-15-24(31-32(26)13-12-29-28)23-14-18(3)6-7-19(23)4/h6-15,17H,16H2,1-5H3. The summed E-state index contributed by atoms with van der Waals surface area (Å²) in [6.07, 6.45) is 3.82. The molecule has 0 radical (unpaired) electrons. The number of ether oxygens (including phenoxy) is 1. The molecule has 0 aliphatic heterocycles. The highest BCUT2D eigenvalue weighted by molar-refractivity contribution is 7.98. The topological polar surface area (TPSA) is 65.5 Å². The lowest BCUT2D eigenvalue weighted by Gasteiger charge is -2.09. The largest absolute Gasteiger partial charge is 0.491 e. The van der Waals surface area contributed by atoms with Gasteiger partial charge < -0.3 is 9.15 Å². The molecule has 0 fully saturated rings. The SMILES string of the molecule is Cc1ccc(C)c(-c2cc3c(SCc4nc(-c5ccc(OC(C)C)cc5)oc4C)nccn3n2)c1. The third kappa shape index (κ3) is 4.95. The first kappa shape index (κ1) is 23.2. The van der Waals surface area contributed by atoms with Crippen LogP contribution in [0.2, 0.25) is 0 Å². The highest BCUT2D eigenvalue weighted by Gasteiger charge is 2.15. The minimum absolute atomic E-state index is 0.138. The van der Waals surface area contributed by atoms with Gasteiger partial charge in [-0.05, 0) is 76.6 Å². The molecule has 0 atom stereocenters. The maximum Gasteiger partial charge on any atom is 0.226 e. The van der Waals surface area contributed by atoms with Gasteiger partial charge in [0.05, 0.1) is 23.0 Å². The van der Waals surface area contributed by atoms with Gasteiger partial charge in [0.25, 0.3) is 0 Å². The van der Waals surface area contributed by atoms with E-state index < -0.39 is 0 Å².